The van der Waals surface area contributed by atoms with Crippen LogP contribution in [0.15, 0.2) is 33.6 Å². The first-order valence-corrected chi connectivity index (χ1v) is 12.0. The molecule has 1 aliphatic carbocycles. The van der Waals surface area contributed by atoms with Crippen LogP contribution in [0.1, 0.15) is 38.5 Å². The minimum atomic E-state index is -3.49. The number of nitrogens with one attached hydrogen (secondary N) is 1. The SMILES string of the molecule is O=C(CN1CCN(S(=O)(=O)c2cccc(Br)c2)CC1)NC1CCCCCC1. The zero-order valence-corrected chi connectivity index (χ0v) is 18.0. The molecule has 3 rings (SSSR count). The molecule has 6 nitrogen and oxygen atoms in total. The molecule has 2 aliphatic rings. The Morgan fingerprint density at radius 3 is 2.37 bits per heavy atom. The van der Waals surface area contributed by atoms with Gasteiger partial charge in [0.1, 0.15) is 0 Å². The number of piperazine rings is 1. The van der Waals surface area contributed by atoms with Crippen molar-refractivity contribution in [2.75, 3.05) is 32.7 Å². The Labute approximate surface area is 170 Å². The van der Waals surface area contributed by atoms with Gasteiger partial charge in [0.15, 0.2) is 0 Å². The normalized spacial score (nSPS) is 20.9. The second-order valence-electron chi connectivity index (χ2n) is 7.39. The number of benzene rings is 1. The molecule has 1 aromatic carbocycles. The van der Waals surface area contributed by atoms with Crippen LogP contribution in [0.5, 0.6) is 0 Å². The van der Waals surface area contributed by atoms with Gasteiger partial charge in [-0.15, -0.1) is 0 Å². The lowest BCUT2D eigenvalue weighted by molar-refractivity contribution is -0.123. The quantitative estimate of drug-likeness (QED) is 0.689. The van der Waals surface area contributed by atoms with Gasteiger partial charge < -0.3 is 5.32 Å². The Hall–Kier alpha value is -0.960. The Morgan fingerprint density at radius 2 is 1.74 bits per heavy atom. The highest BCUT2D eigenvalue weighted by atomic mass is 79.9. The summed E-state index contributed by atoms with van der Waals surface area (Å²) in [5, 5.41) is 3.16. The van der Waals surface area contributed by atoms with E-state index in [2.05, 4.69) is 21.2 Å². The highest BCUT2D eigenvalue weighted by Gasteiger charge is 2.29. The van der Waals surface area contributed by atoms with Crippen LogP contribution in [0.2, 0.25) is 0 Å². The Balaban J connectivity index is 1.49. The number of hydrogen-bond acceptors (Lipinski definition) is 4. The van der Waals surface area contributed by atoms with E-state index in [9.17, 15) is 13.2 Å². The fraction of sp³-hybridized carbons (Fsp3) is 0.632. The molecule has 27 heavy (non-hydrogen) atoms. The first-order valence-electron chi connectivity index (χ1n) is 9.72. The van der Waals surface area contributed by atoms with Gasteiger partial charge in [-0.1, -0.05) is 47.7 Å². The second-order valence-corrected chi connectivity index (χ2v) is 10.2. The monoisotopic (exact) mass is 457 g/mol. The van der Waals surface area contributed by atoms with Crippen molar-refractivity contribution in [2.24, 2.45) is 0 Å². The second kappa shape index (κ2) is 9.49. The smallest absolute Gasteiger partial charge is 0.243 e. The predicted octanol–water partition coefficient (Wildman–Crippen LogP) is 2.59. The van der Waals surface area contributed by atoms with Gasteiger partial charge >= 0.3 is 0 Å². The molecule has 150 valence electrons. The molecule has 1 aromatic rings. The van der Waals surface area contributed by atoms with Crippen LogP contribution in [0.25, 0.3) is 0 Å². The minimum Gasteiger partial charge on any atom is -0.352 e. The molecule has 0 atom stereocenters. The molecule has 0 spiro atoms. The van der Waals surface area contributed by atoms with Crippen molar-refractivity contribution in [1.82, 2.24) is 14.5 Å². The molecule has 0 radical (unpaired) electrons. The minimum absolute atomic E-state index is 0.0604. The fourth-order valence-electron chi connectivity index (χ4n) is 3.80. The third-order valence-electron chi connectivity index (χ3n) is 5.35. The van der Waals surface area contributed by atoms with Gasteiger partial charge in [0.25, 0.3) is 0 Å². The first kappa shape index (κ1) is 20.8. The third kappa shape index (κ3) is 5.76. The van der Waals surface area contributed by atoms with Crippen molar-refractivity contribution in [3.05, 3.63) is 28.7 Å². The largest absolute Gasteiger partial charge is 0.352 e. The number of nitrogens with zero attached hydrogens (tertiary/aromatic N) is 2. The predicted molar refractivity (Wildman–Crippen MR) is 109 cm³/mol. The van der Waals surface area contributed by atoms with E-state index in [0.717, 1.165) is 17.3 Å². The highest BCUT2D eigenvalue weighted by Crippen LogP contribution is 2.21. The molecular weight excluding hydrogens is 430 g/mol. The van der Waals surface area contributed by atoms with Crippen molar-refractivity contribution in [3.8, 4) is 0 Å². The van der Waals surface area contributed by atoms with E-state index < -0.39 is 10.0 Å². The molecule has 1 aliphatic heterocycles. The molecule has 1 saturated carbocycles. The maximum absolute atomic E-state index is 12.8. The van der Waals surface area contributed by atoms with Crippen LogP contribution in [0, 0.1) is 0 Å². The van der Waals surface area contributed by atoms with Crippen LogP contribution in [0.3, 0.4) is 0 Å². The van der Waals surface area contributed by atoms with Crippen molar-refractivity contribution in [1.29, 1.82) is 0 Å². The van der Waals surface area contributed by atoms with E-state index in [1.54, 1.807) is 18.2 Å². The van der Waals surface area contributed by atoms with Gasteiger partial charge in [0, 0.05) is 36.7 Å². The molecule has 1 N–H and O–H groups in total. The summed E-state index contributed by atoms with van der Waals surface area (Å²) in [5.74, 6) is 0.0604. The molecule has 0 unspecified atom stereocenters. The number of carbonyl (C=O) groups is 1. The summed E-state index contributed by atoms with van der Waals surface area (Å²) in [7, 11) is -3.49. The molecule has 1 saturated heterocycles. The number of hydrogen-bond donors (Lipinski definition) is 1. The summed E-state index contributed by atoms with van der Waals surface area (Å²) in [6.07, 6.45) is 7.06. The average molecular weight is 458 g/mol. The summed E-state index contributed by atoms with van der Waals surface area (Å²) in [6, 6.07) is 7.09. The zero-order chi connectivity index (χ0) is 19.3. The molecular formula is C19H28BrN3O3S. The van der Waals surface area contributed by atoms with Crippen molar-refractivity contribution >= 4 is 31.9 Å². The van der Waals surface area contributed by atoms with E-state index in [1.807, 2.05) is 11.0 Å². The summed E-state index contributed by atoms with van der Waals surface area (Å²) in [5.41, 5.74) is 0. The van der Waals surface area contributed by atoms with Crippen LogP contribution in [-0.4, -0.2) is 62.3 Å². The molecule has 0 bridgehead atoms. The molecule has 8 heteroatoms. The number of rotatable bonds is 5. The third-order valence-corrected chi connectivity index (χ3v) is 7.74. The van der Waals surface area contributed by atoms with Crippen LogP contribution < -0.4 is 5.32 Å². The summed E-state index contributed by atoms with van der Waals surface area (Å²) in [6.45, 7) is 2.31. The van der Waals surface area contributed by atoms with E-state index in [-0.39, 0.29) is 5.91 Å². The average Bonchev–Trinajstić information content (AvgIpc) is 2.91. The molecule has 1 heterocycles. The fourth-order valence-corrected chi connectivity index (χ4v) is 5.82. The van der Waals surface area contributed by atoms with Gasteiger partial charge in [-0.25, -0.2) is 8.42 Å². The van der Waals surface area contributed by atoms with E-state index >= 15 is 0 Å². The van der Waals surface area contributed by atoms with E-state index in [4.69, 9.17) is 0 Å². The lowest BCUT2D eigenvalue weighted by Crippen LogP contribution is -2.51. The van der Waals surface area contributed by atoms with E-state index in [1.165, 1.54) is 30.0 Å². The highest BCUT2D eigenvalue weighted by molar-refractivity contribution is 9.10. The summed E-state index contributed by atoms with van der Waals surface area (Å²) < 4.78 is 27.8. The maximum atomic E-state index is 12.8. The number of sulfonamides is 1. The number of halogens is 1. The summed E-state index contributed by atoms with van der Waals surface area (Å²) >= 11 is 3.33. The lowest BCUT2D eigenvalue weighted by atomic mass is 10.1. The zero-order valence-electron chi connectivity index (χ0n) is 15.6. The van der Waals surface area contributed by atoms with Crippen LogP contribution in [-0.2, 0) is 14.8 Å². The standard InChI is InChI=1S/C19H28BrN3O3S/c20-16-6-5-9-18(14-16)27(25,26)23-12-10-22(11-13-23)15-19(24)21-17-7-3-1-2-4-8-17/h5-6,9,14,17H,1-4,7-8,10-13,15H2,(H,21,24). The Morgan fingerprint density at radius 1 is 1.07 bits per heavy atom. The molecule has 2 fully saturated rings. The Kier molecular flexibility index (Phi) is 7.30. The molecule has 0 aromatic heterocycles. The van der Waals surface area contributed by atoms with Crippen LogP contribution >= 0.6 is 15.9 Å². The maximum Gasteiger partial charge on any atom is 0.243 e. The van der Waals surface area contributed by atoms with Gasteiger partial charge in [-0.05, 0) is 31.0 Å². The number of carbonyl (C=O) groups excluding carboxylic acids is 1. The van der Waals surface area contributed by atoms with Gasteiger partial charge in [0.05, 0.1) is 11.4 Å². The van der Waals surface area contributed by atoms with Gasteiger partial charge in [-0.2, -0.15) is 4.31 Å². The van der Waals surface area contributed by atoms with Crippen LogP contribution in [0.4, 0.5) is 0 Å². The van der Waals surface area contributed by atoms with Crippen molar-refractivity contribution < 1.29 is 13.2 Å². The first-order chi connectivity index (χ1) is 12.9. The molecule has 1 amide bonds. The lowest BCUT2D eigenvalue weighted by Gasteiger charge is -2.33. The topological polar surface area (TPSA) is 69.7 Å². The summed E-state index contributed by atoms with van der Waals surface area (Å²) in [4.78, 5) is 14.7. The Bertz CT molecular complexity index is 740. The number of amides is 1. The van der Waals surface area contributed by atoms with Gasteiger partial charge in [0.2, 0.25) is 15.9 Å². The van der Waals surface area contributed by atoms with Crippen molar-refractivity contribution in [3.63, 3.8) is 0 Å². The van der Waals surface area contributed by atoms with E-state index in [0.29, 0.717) is 43.7 Å². The van der Waals surface area contributed by atoms with Gasteiger partial charge in [-0.3, -0.25) is 9.69 Å². The van der Waals surface area contributed by atoms with Crippen molar-refractivity contribution in [2.45, 2.75) is 49.5 Å².